The number of ether oxygens (including phenoxy) is 1. The second kappa shape index (κ2) is 4.67. The lowest BCUT2D eigenvalue weighted by Crippen LogP contribution is -1.92. The number of hydrogen-bond donors (Lipinski definition) is 0. The fourth-order valence-electron chi connectivity index (χ4n) is 0.806. The maximum atomic E-state index is 10.7. The zero-order valence-corrected chi connectivity index (χ0v) is 7.91. The molecule has 0 bridgehead atoms. The van der Waals surface area contributed by atoms with E-state index < -0.39 is 0 Å². The Morgan fingerprint density at radius 3 is 2.54 bits per heavy atom. The number of hydrogen-bond acceptors (Lipinski definition) is 2. The molecule has 0 spiro atoms. The van der Waals surface area contributed by atoms with Crippen molar-refractivity contribution in [2.24, 2.45) is 0 Å². The average Bonchev–Trinajstić information content (AvgIpc) is 2.16. The minimum Gasteiger partial charge on any atom is -0.466 e. The standard InChI is InChI=1S/C10H9ClO2/c1-13-10(12)7-4-8-2-5-9(11)6-3-8/h2-7H,1H3/b7-4+. The summed E-state index contributed by atoms with van der Waals surface area (Å²) < 4.78 is 4.44. The molecular formula is C10H9ClO2. The first kappa shape index (κ1) is 9.81. The third-order valence-corrected chi connectivity index (χ3v) is 1.74. The Kier molecular flexibility index (Phi) is 3.53. The van der Waals surface area contributed by atoms with Crippen LogP contribution in [0.5, 0.6) is 0 Å². The number of benzene rings is 1. The maximum Gasteiger partial charge on any atom is 0.330 e. The summed E-state index contributed by atoms with van der Waals surface area (Å²) in [6, 6.07) is 7.17. The minimum atomic E-state index is -0.366. The molecule has 68 valence electrons. The second-order valence-electron chi connectivity index (χ2n) is 2.41. The van der Waals surface area contributed by atoms with E-state index in [1.807, 2.05) is 12.1 Å². The molecule has 0 aromatic heterocycles. The second-order valence-corrected chi connectivity index (χ2v) is 2.84. The largest absolute Gasteiger partial charge is 0.466 e. The van der Waals surface area contributed by atoms with Crippen molar-refractivity contribution in [2.75, 3.05) is 7.11 Å². The maximum absolute atomic E-state index is 10.7. The highest BCUT2D eigenvalue weighted by Gasteiger charge is 1.91. The van der Waals surface area contributed by atoms with Crippen molar-refractivity contribution >= 4 is 23.6 Å². The molecule has 2 nitrogen and oxygen atoms in total. The molecule has 0 atom stereocenters. The molecule has 0 N–H and O–H groups in total. The van der Waals surface area contributed by atoms with Crippen LogP contribution in [0.25, 0.3) is 6.08 Å². The predicted octanol–water partition coefficient (Wildman–Crippen LogP) is 2.53. The van der Waals surface area contributed by atoms with Crippen LogP contribution in [-0.4, -0.2) is 13.1 Å². The Labute approximate surface area is 81.8 Å². The molecule has 0 saturated heterocycles. The Bertz CT molecular complexity index is 314. The summed E-state index contributed by atoms with van der Waals surface area (Å²) in [6.45, 7) is 0. The third-order valence-electron chi connectivity index (χ3n) is 1.48. The molecule has 3 heteroatoms. The molecule has 0 radical (unpaired) electrons. The van der Waals surface area contributed by atoms with Crippen LogP contribution in [0.1, 0.15) is 5.56 Å². The van der Waals surface area contributed by atoms with Crippen molar-refractivity contribution in [2.45, 2.75) is 0 Å². The quantitative estimate of drug-likeness (QED) is 0.537. The smallest absolute Gasteiger partial charge is 0.330 e. The van der Waals surface area contributed by atoms with Crippen LogP contribution in [0, 0.1) is 0 Å². The number of esters is 1. The van der Waals surface area contributed by atoms with Crippen molar-refractivity contribution in [3.8, 4) is 0 Å². The third kappa shape index (κ3) is 3.30. The van der Waals surface area contributed by atoms with Gasteiger partial charge >= 0.3 is 5.97 Å². The van der Waals surface area contributed by atoms with Gasteiger partial charge in [-0.1, -0.05) is 23.7 Å². The molecule has 0 unspecified atom stereocenters. The van der Waals surface area contributed by atoms with E-state index >= 15 is 0 Å². The van der Waals surface area contributed by atoms with E-state index in [1.165, 1.54) is 13.2 Å². The van der Waals surface area contributed by atoms with E-state index in [0.29, 0.717) is 5.02 Å². The number of rotatable bonds is 2. The van der Waals surface area contributed by atoms with Gasteiger partial charge in [0.05, 0.1) is 7.11 Å². The minimum absolute atomic E-state index is 0.366. The van der Waals surface area contributed by atoms with Crippen molar-refractivity contribution in [1.29, 1.82) is 0 Å². The van der Waals surface area contributed by atoms with Gasteiger partial charge in [-0.25, -0.2) is 4.79 Å². The Morgan fingerprint density at radius 1 is 1.38 bits per heavy atom. The predicted molar refractivity (Wildman–Crippen MR) is 52.5 cm³/mol. The van der Waals surface area contributed by atoms with E-state index in [4.69, 9.17) is 11.6 Å². The Hall–Kier alpha value is -1.28. The first-order chi connectivity index (χ1) is 6.22. The summed E-state index contributed by atoms with van der Waals surface area (Å²) in [7, 11) is 1.34. The van der Waals surface area contributed by atoms with Crippen LogP contribution < -0.4 is 0 Å². The molecule has 1 aromatic rings. The number of carbonyl (C=O) groups is 1. The van der Waals surface area contributed by atoms with Crippen molar-refractivity contribution in [1.82, 2.24) is 0 Å². The zero-order valence-electron chi connectivity index (χ0n) is 7.16. The molecule has 0 heterocycles. The summed E-state index contributed by atoms with van der Waals surface area (Å²) >= 11 is 5.69. The monoisotopic (exact) mass is 196 g/mol. The number of halogens is 1. The highest BCUT2D eigenvalue weighted by Crippen LogP contribution is 2.10. The normalized spacial score (nSPS) is 10.3. The van der Waals surface area contributed by atoms with Gasteiger partial charge in [-0.05, 0) is 23.8 Å². The van der Waals surface area contributed by atoms with Gasteiger partial charge in [0.15, 0.2) is 0 Å². The molecule has 0 fully saturated rings. The molecule has 0 saturated carbocycles. The molecule has 0 aliphatic heterocycles. The summed E-state index contributed by atoms with van der Waals surface area (Å²) in [5.74, 6) is -0.366. The lowest BCUT2D eigenvalue weighted by atomic mass is 10.2. The van der Waals surface area contributed by atoms with E-state index in [0.717, 1.165) is 5.56 Å². The van der Waals surface area contributed by atoms with Crippen LogP contribution in [0.3, 0.4) is 0 Å². The molecule has 0 aliphatic rings. The van der Waals surface area contributed by atoms with Gasteiger partial charge in [-0.15, -0.1) is 0 Å². The van der Waals surface area contributed by atoms with Crippen molar-refractivity contribution in [3.63, 3.8) is 0 Å². The van der Waals surface area contributed by atoms with Crippen LogP contribution in [0.2, 0.25) is 5.02 Å². The van der Waals surface area contributed by atoms with Gasteiger partial charge < -0.3 is 4.74 Å². The van der Waals surface area contributed by atoms with Crippen LogP contribution in [0.4, 0.5) is 0 Å². The van der Waals surface area contributed by atoms with E-state index in [-0.39, 0.29) is 5.97 Å². The molecular weight excluding hydrogens is 188 g/mol. The fraction of sp³-hybridized carbons (Fsp3) is 0.100. The van der Waals surface area contributed by atoms with Gasteiger partial charge in [-0.3, -0.25) is 0 Å². The summed E-state index contributed by atoms with van der Waals surface area (Å²) in [4.78, 5) is 10.7. The van der Waals surface area contributed by atoms with Crippen LogP contribution in [0.15, 0.2) is 30.3 Å². The summed E-state index contributed by atoms with van der Waals surface area (Å²) in [5.41, 5.74) is 0.912. The topological polar surface area (TPSA) is 26.3 Å². The fourth-order valence-corrected chi connectivity index (χ4v) is 0.932. The van der Waals surface area contributed by atoms with Gasteiger partial charge in [0.25, 0.3) is 0 Å². The highest BCUT2D eigenvalue weighted by molar-refractivity contribution is 6.30. The van der Waals surface area contributed by atoms with Gasteiger partial charge in [0.2, 0.25) is 0 Å². The van der Waals surface area contributed by atoms with Gasteiger partial charge in [0.1, 0.15) is 0 Å². The van der Waals surface area contributed by atoms with E-state index in [2.05, 4.69) is 4.74 Å². The number of carbonyl (C=O) groups excluding carboxylic acids is 1. The summed E-state index contributed by atoms with van der Waals surface area (Å²) in [6.07, 6.45) is 3.03. The first-order valence-corrected chi connectivity index (χ1v) is 4.12. The lowest BCUT2D eigenvalue weighted by Gasteiger charge is -1.93. The van der Waals surface area contributed by atoms with E-state index in [1.54, 1.807) is 18.2 Å². The average molecular weight is 197 g/mol. The SMILES string of the molecule is COC(=O)/C=C/c1ccc(Cl)cc1. The Balaban J connectivity index is 2.69. The summed E-state index contributed by atoms with van der Waals surface area (Å²) in [5, 5.41) is 0.676. The molecule has 0 amide bonds. The number of methoxy groups -OCH3 is 1. The van der Waals surface area contributed by atoms with Crippen LogP contribution in [-0.2, 0) is 9.53 Å². The molecule has 0 aliphatic carbocycles. The first-order valence-electron chi connectivity index (χ1n) is 3.74. The van der Waals surface area contributed by atoms with E-state index in [9.17, 15) is 4.79 Å². The molecule has 1 aromatic carbocycles. The molecule has 1 rings (SSSR count). The van der Waals surface area contributed by atoms with Gasteiger partial charge in [-0.2, -0.15) is 0 Å². The van der Waals surface area contributed by atoms with Crippen molar-refractivity contribution in [3.05, 3.63) is 40.9 Å². The highest BCUT2D eigenvalue weighted by atomic mass is 35.5. The van der Waals surface area contributed by atoms with Gasteiger partial charge in [0, 0.05) is 11.1 Å². The Morgan fingerprint density at radius 2 is 2.00 bits per heavy atom. The van der Waals surface area contributed by atoms with Crippen LogP contribution >= 0.6 is 11.6 Å². The zero-order chi connectivity index (χ0) is 9.68. The lowest BCUT2D eigenvalue weighted by molar-refractivity contribution is -0.134. The van der Waals surface area contributed by atoms with Crippen molar-refractivity contribution < 1.29 is 9.53 Å². The molecule has 13 heavy (non-hydrogen) atoms.